The van der Waals surface area contributed by atoms with Crippen molar-refractivity contribution in [3.63, 3.8) is 0 Å². The first-order valence-electron chi connectivity index (χ1n) is 6.82. The number of hydrogen-bond acceptors (Lipinski definition) is 4. The number of benzene rings is 1. The Kier molecular flexibility index (Phi) is 4.54. The summed E-state index contributed by atoms with van der Waals surface area (Å²) < 4.78 is 7.28. The van der Waals surface area contributed by atoms with Crippen LogP contribution in [-0.4, -0.2) is 12.1 Å². The summed E-state index contributed by atoms with van der Waals surface area (Å²) in [5, 5.41) is 12.6. The number of rotatable bonds is 3. The molecule has 2 aromatic rings. The zero-order valence-corrected chi connectivity index (χ0v) is 15.6. The Bertz CT molecular complexity index is 773. The number of nitrogens with one attached hydrogen (secondary N) is 1. The number of hydrogen-bond donors (Lipinski definition) is 1. The Morgan fingerprint density at radius 3 is 3.05 bits per heavy atom. The number of aromatic nitrogens is 1. The highest BCUT2D eigenvalue weighted by atomic mass is 127. The van der Waals surface area contributed by atoms with Crippen molar-refractivity contribution < 1.29 is 4.74 Å². The van der Waals surface area contributed by atoms with Crippen LogP contribution in [0.4, 0.5) is 5.82 Å². The summed E-state index contributed by atoms with van der Waals surface area (Å²) in [6.07, 6.45) is 2.07. The zero-order chi connectivity index (χ0) is 15.7. The molecule has 0 aliphatic heterocycles. The lowest BCUT2D eigenvalue weighted by atomic mass is 10.1. The highest BCUT2D eigenvalue weighted by Gasteiger charge is 2.25. The molecule has 0 bridgehead atoms. The van der Waals surface area contributed by atoms with Crippen LogP contribution in [0.25, 0.3) is 0 Å². The molecule has 3 rings (SSSR count). The lowest BCUT2D eigenvalue weighted by Crippen LogP contribution is -2.10. The van der Waals surface area contributed by atoms with Crippen molar-refractivity contribution in [1.82, 2.24) is 4.98 Å². The van der Waals surface area contributed by atoms with Gasteiger partial charge in [0.25, 0.3) is 0 Å². The summed E-state index contributed by atoms with van der Waals surface area (Å²) in [7, 11) is 1.53. The van der Waals surface area contributed by atoms with Crippen molar-refractivity contribution in [3.8, 4) is 11.9 Å². The van der Waals surface area contributed by atoms with E-state index < -0.39 is 0 Å². The third-order valence-electron chi connectivity index (χ3n) is 3.78. The van der Waals surface area contributed by atoms with Gasteiger partial charge in [0.1, 0.15) is 17.5 Å². The van der Waals surface area contributed by atoms with Gasteiger partial charge >= 0.3 is 0 Å². The minimum atomic E-state index is 0.228. The molecule has 0 radical (unpaired) electrons. The monoisotopic (exact) mass is 469 g/mol. The first kappa shape index (κ1) is 15.6. The molecule has 1 aromatic heterocycles. The van der Waals surface area contributed by atoms with E-state index in [4.69, 9.17) is 10.00 Å². The Morgan fingerprint density at radius 1 is 1.50 bits per heavy atom. The molecular formula is C16H13BrIN3O. The molecule has 0 saturated carbocycles. The van der Waals surface area contributed by atoms with Gasteiger partial charge in [-0.05, 0) is 58.7 Å². The molecular weight excluding hydrogens is 457 g/mol. The van der Waals surface area contributed by atoms with Gasteiger partial charge in [0.05, 0.1) is 16.7 Å². The average molecular weight is 470 g/mol. The fourth-order valence-electron chi connectivity index (χ4n) is 2.73. The number of nitriles is 1. The van der Waals surface area contributed by atoms with E-state index in [2.05, 4.69) is 73.1 Å². The van der Waals surface area contributed by atoms with Gasteiger partial charge in [-0.15, -0.1) is 0 Å². The van der Waals surface area contributed by atoms with E-state index in [9.17, 15) is 0 Å². The van der Waals surface area contributed by atoms with Gasteiger partial charge < -0.3 is 10.1 Å². The number of anilines is 1. The fraction of sp³-hybridized carbons (Fsp3) is 0.250. The van der Waals surface area contributed by atoms with Crippen LogP contribution in [0.5, 0.6) is 5.88 Å². The van der Waals surface area contributed by atoms with Gasteiger partial charge in [0, 0.05) is 4.47 Å². The zero-order valence-electron chi connectivity index (χ0n) is 11.9. The summed E-state index contributed by atoms with van der Waals surface area (Å²) in [5.41, 5.74) is 3.11. The number of methoxy groups -OCH3 is 1. The van der Waals surface area contributed by atoms with Crippen molar-refractivity contribution in [3.05, 3.63) is 49.0 Å². The van der Waals surface area contributed by atoms with Gasteiger partial charge in [0.15, 0.2) is 0 Å². The predicted octanol–water partition coefficient (Wildman–Crippen LogP) is 4.43. The Hall–Kier alpha value is -1.33. The van der Waals surface area contributed by atoms with E-state index in [1.54, 1.807) is 6.07 Å². The molecule has 0 amide bonds. The molecule has 1 aliphatic carbocycles. The Labute approximate surface area is 151 Å². The minimum Gasteiger partial charge on any atom is -0.480 e. The van der Waals surface area contributed by atoms with E-state index in [1.807, 2.05) is 0 Å². The van der Waals surface area contributed by atoms with Crippen molar-refractivity contribution in [2.24, 2.45) is 0 Å². The van der Waals surface area contributed by atoms with Crippen LogP contribution in [0.3, 0.4) is 0 Å². The fourth-order valence-corrected chi connectivity index (χ4v) is 3.90. The second kappa shape index (κ2) is 6.42. The lowest BCUT2D eigenvalue weighted by molar-refractivity contribution is 0.396. The van der Waals surface area contributed by atoms with Crippen molar-refractivity contribution in [1.29, 1.82) is 5.26 Å². The first-order valence-corrected chi connectivity index (χ1v) is 8.69. The van der Waals surface area contributed by atoms with Crippen LogP contribution >= 0.6 is 38.5 Å². The molecule has 1 aliphatic rings. The van der Waals surface area contributed by atoms with E-state index in [0.29, 0.717) is 11.4 Å². The highest BCUT2D eigenvalue weighted by molar-refractivity contribution is 14.1. The van der Waals surface area contributed by atoms with Gasteiger partial charge in [-0.1, -0.05) is 28.1 Å². The molecule has 22 heavy (non-hydrogen) atoms. The molecule has 1 unspecified atom stereocenters. The van der Waals surface area contributed by atoms with E-state index in [1.165, 1.54) is 18.2 Å². The summed E-state index contributed by atoms with van der Waals surface area (Å²) in [6.45, 7) is 0. The summed E-state index contributed by atoms with van der Waals surface area (Å²) in [4.78, 5) is 4.45. The largest absolute Gasteiger partial charge is 0.480 e. The molecule has 4 nitrogen and oxygen atoms in total. The standard InChI is InChI=1S/C16H13BrIN3O/c1-22-16-9(8-19)7-13(18)15(21-16)20-14-6-5-10-11(14)3-2-4-12(10)17/h2-4,7,14H,5-6H2,1H3,(H,20,21). The van der Waals surface area contributed by atoms with Crippen LogP contribution in [0.15, 0.2) is 28.7 Å². The third kappa shape index (κ3) is 2.79. The molecule has 1 aromatic carbocycles. The maximum Gasteiger partial charge on any atom is 0.233 e. The second-order valence-electron chi connectivity index (χ2n) is 5.03. The quantitative estimate of drug-likeness (QED) is 0.675. The van der Waals surface area contributed by atoms with Crippen LogP contribution in [-0.2, 0) is 6.42 Å². The molecule has 112 valence electrons. The van der Waals surface area contributed by atoms with E-state index in [-0.39, 0.29) is 6.04 Å². The Balaban J connectivity index is 1.93. The molecule has 1 atom stereocenters. The molecule has 1 N–H and O–H groups in total. The number of halogens is 2. The van der Waals surface area contributed by atoms with Crippen LogP contribution in [0.2, 0.25) is 0 Å². The number of ether oxygens (including phenoxy) is 1. The average Bonchev–Trinajstić information content (AvgIpc) is 2.93. The molecule has 6 heteroatoms. The summed E-state index contributed by atoms with van der Waals surface area (Å²) in [5.74, 6) is 1.12. The SMILES string of the molecule is COc1nc(NC2CCc3c(Br)cccc32)c(I)cc1C#N. The predicted molar refractivity (Wildman–Crippen MR) is 97.0 cm³/mol. The maximum atomic E-state index is 9.11. The van der Waals surface area contributed by atoms with Crippen LogP contribution < -0.4 is 10.1 Å². The van der Waals surface area contributed by atoms with Crippen molar-refractivity contribution >= 4 is 44.3 Å². The van der Waals surface area contributed by atoms with Gasteiger partial charge in [-0.25, -0.2) is 0 Å². The van der Waals surface area contributed by atoms with Crippen molar-refractivity contribution in [2.45, 2.75) is 18.9 Å². The maximum absolute atomic E-state index is 9.11. The lowest BCUT2D eigenvalue weighted by Gasteiger charge is -2.17. The normalized spacial score (nSPS) is 16.0. The first-order chi connectivity index (χ1) is 10.6. The van der Waals surface area contributed by atoms with Crippen LogP contribution in [0.1, 0.15) is 29.2 Å². The van der Waals surface area contributed by atoms with E-state index in [0.717, 1.165) is 26.7 Å². The van der Waals surface area contributed by atoms with Crippen molar-refractivity contribution in [2.75, 3.05) is 12.4 Å². The molecule has 0 spiro atoms. The number of fused-ring (bicyclic) bond motifs is 1. The second-order valence-corrected chi connectivity index (χ2v) is 7.05. The van der Waals surface area contributed by atoms with Gasteiger partial charge in [-0.2, -0.15) is 10.2 Å². The molecule has 0 fully saturated rings. The number of nitrogens with zero attached hydrogens (tertiary/aromatic N) is 2. The van der Waals surface area contributed by atoms with Crippen LogP contribution in [0, 0.1) is 14.9 Å². The molecule has 0 saturated heterocycles. The number of pyridine rings is 1. The van der Waals surface area contributed by atoms with Gasteiger partial charge in [-0.3, -0.25) is 0 Å². The topological polar surface area (TPSA) is 57.9 Å². The third-order valence-corrected chi connectivity index (χ3v) is 5.34. The summed E-state index contributed by atoms with van der Waals surface area (Å²) in [6, 6.07) is 10.4. The Morgan fingerprint density at radius 2 is 2.32 bits per heavy atom. The minimum absolute atomic E-state index is 0.228. The summed E-state index contributed by atoms with van der Waals surface area (Å²) >= 11 is 5.81. The van der Waals surface area contributed by atoms with E-state index >= 15 is 0 Å². The molecule has 1 heterocycles. The van der Waals surface area contributed by atoms with Gasteiger partial charge in [0.2, 0.25) is 5.88 Å². The highest BCUT2D eigenvalue weighted by Crippen LogP contribution is 2.38. The smallest absolute Gasteiger partial charge is 0.233 e.